The highest BCUT2D eigenvalue weighted by Gasteiger charge is 2.22. The molecule has 0 aromatic heterocycles. The molecule has 2 heteroatoms. The van der Waals surface area contributed by atoms with Gasteiger partial charge in [-0.05, 0) is 25.7 Å². The van der Waals surface area contributed by atoms with Gasteiger partial charge in [0.05, 0.1) is 6.61 Å². The summed E-state index contributed by atoms with van der Waals surface area (Å²) in [4.78, 5) is 10.9. The summed E-state index contributed by atoms with van der Waals surface area (Å²) in [6, 6.07) is 0. The van der Waals surface area contributed by atoms with Gasteiger partial charge in [-0.3, -0.25) is 0 Å². The monoisotopic (exact) mass is 166 g/mol. The molecule has 2 nitrogen and oxygen atoms in total. The van der Waals surface area contributed by atoms with Crippen molar-refractivity contribution in [3.63, 3.8) is 0 Å². The lowest BCUT2D eigenvalue weighted by Gasteiger charge is -1.97. The average Bonchev–Trinajstić information content (AvgIpc) is 2.84. The molecule has 0 bridgehead atoms. The van der Waals surface area contributed by atoms with E-state index in [0.717, 1.165) is 0 Å². The topological polar surface area (TPSA) is 26.3 Å². The molecule has 0 spiro atoms. The van der Waals surface area contributed by atoms with Gasteiger partial charge in [-0.15, -0.1) is 0 Å². The summed E-state index contributed by atoms with van der Waals surface area (Å²) in [6.45, 7) is 2.50. The minimum atomic E-state index is -0.236. The number of rotatable bonds is 4. The number of hydrogen-bond acceptors (Lipinski definition) is 2. The van der Waals surface area contributed by atoms with Gasteiger partial charge in [0, 0.05) is 6.08 Å². The second-order valence-electron chi connectivity index (χ2n) is 2.96. The summed E-state index contributed by atoms with van der Waals surface area (Å²) >= 11 is 0. The molecule has 12 heavy (non-hydrogen) atoms. The molecule has 1 aliphatic carbocycles. The molecular weight excluding hydrogens is 152 g/mol. The van der Waals surface area contributed by atoms with Crippen LogP contribution in [0.5, 0.6) is 0 Å². The first-order valence-electron chi connectivity index (χ1n) is 4.29. The highest BCUT2D eigenvalue weighted by Crippen LogP contribution is 2.28. The Morgan fingerprint density at radius 3 is 2.83 bits per heavy atom. The van der Waals surface area contributed by atoms with Gasteiger partial charge in [-0.25, -0.2) is 4.79 Å². The number of carbonyl (C=O) groups excluding carboxylic acids is 1. The van der Waals surface area contributed by atoms with Crippen LogP contribution in [-0.4, -0.2) is 12.6 Å². The number of carbonyl (C=O) groups is 1. The number of esters is 1. The van der Waals surface area contributed by atoms with E-state index in [1.165, 1.54) is 18.9 Å². The van der Waals surface area contributed by atoms with E-state index in [4.69, 9.17) is 4.74 Å². The third kappa shape index (κ3) is 3.96. The van der Waals surface area contributed by atoms with Gasteiger partial charge >= 0.3 is 5.97 Å². The van der Waals surface area contributed by atoms with E-state index in [9.17, 15) is 4.79 Å². The molecule has 0 atom stereocenters. The number of hydrogen-bond donors (Lipinski definition) is 0. The van der Waals surface area contributed by atoms with Crippen LogP contribution in [0.1, 0.15) is 19.8 Å². The Hall–Kier alpha value is -1.05. The van der Waals surface area contributed by atoms with E-state index in [2.05, 4.69) is 0 Å². The lowest BCUT2D eigenvalue weighted by atomic mass is 10.4. The predicted octanol–water partition coefficient (Wildman–Crippen LogP) is 2.07. The van der Waals surface area contributed by atoms with Gasteiger partial charge in [0.25, 0.3) is 0 Å². The Morgan fingerprint density at radius 2 is 2.25 bits per heavy atom. The minimum Gasteiger partial charge on any atom is -0.462 e. The highest BCUT2D eigenvalue weighted by atomic mass is 16.5. The van der Waals surface area contributed by atoms with Gasteiger partial charge in [0.15, 0.2) is 0 Å². The zero-order valence-electron chi connectivity index (χ0n) is 7.32. The summed E-state index contributed by atoms with van der Waals surface area (Å²) in [7, 11) is 0. The van der Waals surface area contributed by atoms with E-state index in [0.29, 0.717) is 12.5 Å². The average molecular weight is 166 g/mol. The second kappa shape index (κ2) is 4.75. The Morgan fingerprint density at radius 1 is 1.50 bits per heavy atom. The third-order valence-electron chi connectivity index (χ3n) is 1.69. The summed E-state index contributed by atoms with van der Waals surface area (Å²) < 4.78 is 4.95. The fourth-order valence-electron chi connectivity index (χ4n) is 0.778. The quantitative estimate of drug-likeness (QED) is 0.363. The lowest BCUT2D eigenvalue weighted by Crippen LogP contribution is -2.03. The standard InChI is InChI=1S/C10H14O2/c1-2-3-4-5-10(11)12-8-9-6-7-9/h2-5,9H,6-8H2,1H3/b3-2+,5-4+. The summed E-state index contributed by atoms with van der Waals surface area (Å²) in [5.74, 6) is 0.407. The first-order chi connectivity index (χ1) is 5.83. The summed E-state index contributed by atoms with van der Waals surface area (Å²) in [5, 5.41) is 0. The molecule has 0 amide bonds. The zero-order chi connectivity index (χ0) is 8.81. The molecule has 0 N–H and O–H groups in total. The summed E-state index contributed by atoms with van der Waals surface area (Å²) in [5.41, 5.74) is 0. The lowest BCUT2D eigenvalue weighted by molar-refractivity contribution is -0.138. The van der Waals surface area contributed by atoms with E-state index in [1.807, 2.05) is 13.0 Å². The molecule has 0 heterocycles. The summed E-state index contributed by atoms with van der Waals surface area (Å²) in [6.07, 6.45) is 9.23. The van der Waals surface area contributed by atoms with Crippen LogP contribution >= 0.6 is 0 Å². The van der Waals surface area contributed by atoms with Gasteiger partial charge < -0.3 is 4.74 Å². The van der Waals surface area contributed by atoms with Crippen LogP contribution < -0.4 is 0 Å². The normalized spacial score (nSPS) is 17.4. The van der Waals surface area contributed by atoms with Crippen LogP contribution in [0.2, 0.25) is 0 Å². The molecule has 0 saturated heterocycles. The van der Waals surface area contributed by atoms with Crippen molar-refractivity contribution in [2.75, 3.05) is 6.61 Å². The molecule has 0 unspecified atom stereocenters. The highest BCUT2D eigenvalue weighted by molar-refractivity contribution is 5.82. The van der Waals surface area contributed by atoms with E-state index in [1.54, 1.807) is 12.2 Å². The first-order valence-corrected chi connectivity index (χ1v) is 4.29. The van der Waals surface area contributed by atoms with Gasteiger partial charge in [-0.1, -0.05) is 18.2 Å². The van der Waals surface area contributed by atoms with Crippen molar-refractivity contribution >= 4 is 5.97 Å². The van der Waals surface area contributed by atoms with Crippen molar-refractivity contribution < 1.29 is 9.53 Å². The molecule has 66 valence electrons. The maximum atomic E-state index is 10.9. The molecule has 1 fully saturated rings. The van der Waals surface area contributed by atoms with Gasteiger partial charge in [0.2, 0.25) is 0 Å². The van der Waals surface area contributed by atoms with Crippen LogP contribution in [0.4, 0.5) is 0 Å². The first kappa shape index (κ1) is 9.04. The number of ether oxygens (including phenoxy) is 1. The molecule has 1 saturated carbocycles. The smallest absolute Gasteiger partial charge is 0.330 e. The Balaban J connectivity index is 2.09. The fourth-order valence-corrected chi connectivity index (χ4v) is 0.778. The Labute approximate surface area is 72.9 Å². The van der Waals surface area contributed by atoms with E-state index < -0.39 is 0 Å². The second-order valence-corrected chi connectivity index (χ2v) is 2.96. The number of allylic oxidation sites excluding steroid dienone is 3. The molecule has 0 aromatic rings. The third-order valence-corrected chi connectivity index (χ3v) is 1.69. The van der Waals surface area contributed by atoms with E-state index >= 15 is 0 Å². The Bertz CT molecular complexity index is 200. The fraction of sp³-hybridized carbons (Fsp3) is 0.500. The molecular formula is C10H14O2. The maximum absolute atomic E-state index is 10.9. The van der Waals surface area contributed by atoms with Crippen molar-refractivity contribution in [3.05, 3.63) is 24.3 Å². The largest absolute Gasteiger partial charge is 0.462 e. The van der Waals surface area contributed by atoms with Crippen molar-refractivity contribution in [2.45, 2.75) is 19.8 Å². The molecule has 1 rings (SSSR count). The van der Waals surface area contributed by atoms with Crippen LogP contribution in [-0.2, 0) is 9.53 Å². The molecule has 0 aliphatic heterocycles. The van der Waals surface area contributed by atoms with Gasteiger partial charge in [0.1, 0.15) is 0 Å². The zero-order valence-corrected chi connectivity index (χ0v) is 7.32. The predicted molar refractivity (Wildman–Crippen MR) is 47.6 cm³/mol. The van der Waals surface area contributed by atoms with E-state index in [-0.39, 0.29) is 5.97 Å². The maximum Gasteiger partial charge on any atom is 0.330 e. The SMILES string of the molecule is C/C=C/C=C/C(=O)OCC1CC1. The molecule has 0 radical (unpaired) electrons. The van der Waals surface area contributed by atoms with Crippen molar-refractivity contribution in [1.29, 1.82) is 0 Å². The van der Waals surface area contributed by atoms with Crippen LogP contribution in [0.3, 0.4) is 0 Å². The van der Waals surface area contributed by atoms with Crippen molar-refractivity contribution in [1.82, 2.24) is 0 Å². The van der Waals surface area contributed by atoms with Crippen molar-refractivity contribution in [3.8, 4) is 0 Å². The van der Waals surface area contributed by atoms with Crippen LogP contribution in [0, 0.1) is 5.92 Å². The minimum absolute atomic E-state index is 0.236. The van der Waals surface area contributed by atoms with Crippen LogP contribution in [0.15, 0.2) is 24.3 Å². The van der Waals surface area contributed by atoms with Crippen molar-refractivity contribution in [2.24, 2.45) is 5.92 Å². The van der Waals surface area contributed by atoms with Gasteiger partial charge in [-0.2, -0.15) is 0 Å². The molecule has 0 aromatic carbocycles. The van der Waals surface area contributed by atoms with Crippen LogP contribution in [0.25, 0.3) is 0 Å². The molecule has 1 aliphatic rings. The Kier molecular flexibility index (Phi) is 3.58.